The summed E-state index contributed by atoms with van der Waals surface area (Å²) in [7, 11) is 0. The molecule has 0 spiro atoms. The molecule has 0 amide bonds. The van der Waals surface area contributed by atoms with Crippen molar-refractivity contribution in [3.05, 3.63) is 54.1 Å². The molecule has 6 heteroatoms. The molecule has 3 heterocycles. The smallest absolute Gasteiger partial charge is 0.312 e. The fourth-order valence-electron chi connectivity index (χ4n) is 2.21. The van der Waals surface area contributed by atoms with E-state index < -0.39 is 11.9 Å². The van der Waals surface area contributed by atoms with Crippen LogP contribution in [0.3, 0.4) is 0 Å². The standard InChI is InChI=1S/C14H10F3N3/c1-9-8-11-12(2-3-13(19-11)14(15,16)17)20(9)10-4-6-18-7-5-10/h2-8H,1H3. The highest BCUT2D eigenvalue weighted by Crippen LogP contribution is 2.30. The maximum Gasteiger partial charge on any atom is 0.433 e. The molecule has 0 aliphatic heterocycles. The Hall–Kier alpha value is -2.37. The lowest BCUT2D eigenvalue weighted by atomic mass is 10.3. The lowest BCUT2D eigenvalue weighted by molar-refractivity contribution is -0.140. The molecule has 0 atom stereocenters. The minimum Gasteiger partial charge on any atom is -0.312 e. The Morgan fingerprint density at radius 2 is 1.75 bits per heavy atom. The van der Waals surface area contributed by atoms with E-state index in [0.717, 1.165) is 17.4 Å². The van der Waals surface area contributed by atoms with Crippen LogP contribution in [0.2, 0.25) is 0 Å². The van der Waals surface area contributed by atoms with Crippen LogP contribution in [0.25, 0.3) is 16.7 Å². The number of rotatable bonds is 1. The van der Waals surface area contributed by atoms with Gasteiger partial charge in [0.1, 0.15) is 5.69 Å². The third-order valence-corrected chi connectivity index (χ3v) is 3.05. The maximum atomic E-state index is 12.7. The van der Waals surface area contributed by atoms with E-state index in [1.807, 2.05) is 11.5 Å². The fraction of sp³-hybridized carbons (Fsp3) is 0.143. The van der Waals surface area contributed by atoms with Gasteiger partial charge < -0.3 is 4.57 Å². The van der Waals surface area contributed by atoms with Crippen molar-refractivity contribution in [3.8, 4) is 5.69 Å². The number of aromatic nitrogens is 3. The van der Waals surface area contributed by atoms with Gasteiger partial charge in [-0.3, -0.25) is 4.98 Å². The number of alkyl halides is 3. The third-order valence-electron chi connectivity index (χ3n) is 3.05. The maximum absolute atomic E-state index is 12.7. The first-order valence-corrected chi connectivity index (χ1v) is 5.93. The Bertz CT molecular complexity index is 760. The van der Waals surface area contributed by atoms with Gasteiger partial charge in [-0.25, -0.2) is 4.98 Å². The van der Waals surface area contributed by atoms with Gasteiger partial charge in [-0.05, 0) is 37.3 Å². The second-order valence-corrected chi connectivity index (χ2v) is 4.43. The highest BCUT2D eigenvalue weighted by atomic mass is 19.4. The summed E-state index contributed by atoms with van der Waals surface area (Å²) in [5, 5.41) is 0. The average Bonchev–Trinajstić information content (AvgIpc) is 2.73. The van der Waals surface area contributed by atoms with E-state index in [9.17, 15) is 13.2 Å². The molecule has 102 valence electrons. The lowest BCUT2D eigenvalue weighted by Crippen LogP contribution is -2.07. The molecule has 0 saturated carbocycles. The van der Waals surface area contributed by atoms with Gasteiger partial charge in [0, 0.05) is 23.8 Å². The van der Waals surface area contributed by atoms with E-state index in [1.165, 1.54) is 6.07 Å². The second kappa shape index (κ2) is 4.33. The molecular formula is C14H10F3N3. The van der Waals surface area contributed by atoms with Crippen molar-refractivity contribution in [1.29, 1.82) is 0 Å². The number of hydrogen-bond donors (Lipinski definition) is 0. The SMILES string of the molecule is Cc1cc2nc(C(F)(F)F)ccc2n1-c1ccncc1. The van der Waals surface area contributed by atoms with Gasteiger partial charge >= 0.3 is 6.18 Å². The fourth-order valence-corrected chi connectivity index (χ4v) is 2.21. The molecule has 3 rings (SSSR count). The summed E-state index contributed by atoms with van der Waals surface area (Å²) in [4.78, 5) is 7.63. The number of nitrogens with zero attached hydrogens (tertiary/aromatic N) is 3. The van der Waals surface area contributed by atoms with Gasteiger partial charge in [-0.2, -0.15) is 13.2 Å². The lowest BCUT2D eigenvalue weighted by Gasteiger charge is -2.08. The molecule has 0 saturated heterocycles. The minimum absolute atomic E-state index is 0.328. The van der Waals surface area contributed by atoms with Crippen molar-refractivity contribution >= 4 is 11.0 Å². The summed E-state index contributed by atoms with van der Waals surface area (Å²) in [6, 6.07) is 7.68. The first kappa shape index (κ1) is 12.7. The van der Waals surface area contributed by atoms with Crippen LogP contribution in [-0.4, -0.2) is 14.5 Å². The van der Waals surface area contributed by atoms with E-state index in [1.54, 1.807) is 30.6 Å². The van der Waals surface area contributed by atoms with Crippen molar-refractivity contribution in [1.82, 2.24) is 14.5 Å². The molecule has 0 N–H and O–H groups in total. The quantitative estimate of drug-likeness (QED) is 0.678. The van der Waals surface area contributed by atoms with Crippen LogP contribution < -0.4 is 0 Å². The Balaban J connectivity index is 2.23. The van der Waals surface area contributed by atoms with Gasteiger partial charge in [-0.1, -0.05) is 0 Å². The zero-order valence-electron chi connectivity index (χ0n) is 10.5. The predicted octanol–water partition coefficient (Wildman–Crippen LogP) is 3.75. The normalized spacial score (nSPS) is 12.0. The molecule has 0 unspecified atom stereocenters. The monoisotopic (exact) mass is 277 g/mol. The van der Waals surface area contributed by atoms with Gasteiger partial charge in [0.15, 0.2) is 0 Å². The Morgan fingerprint density at radius 1 is 1.05 bits per heavy atom. The zero-order valence-corrected chi connectivity index (χ0v) is 10.5. The van der Waals surface area contributed by atoms with Crippen LogP contribution >= 0.6 is 0 Å². The highest BCUT2D eigenvalue weighted by molar-refractivity contribution is 5.79. The van der Waals surface area contributed by atoms with E-state index in [2.05, 4.69) is 9.97 Å². The Labute approximate surface area is 112 Å². The molecule has 0 aliphatic rings. The van der Waals surface area contributed by atoms with Crippen molar-refractivity contribution in [3.63, 3.8) is 0 Å². The van der Waals surface area contributed by atoms with Crippen molar-refractivity contribution < 1.29 is 13.2 Å². The summed E-state index contributed by atoms with van der Waals surface area (Å²) in [5.74, 6) is 0. The van der Waals surface area contributed by atoms with E-state index in [4.69, 9.17) is 0 Å². The number of aryl methyl sites for hydroxylation is 1. The predicted molar refractivity (Wildman–Crippen MR) is 68.6 cm³/mol. The molecule has 3 aromatic heterocycles. The van der Waals surface area contributed by atoms with Crippen LogP contribution in [-0.2, 0) is 6.18 Å². The topological polar surface area (TPSA) is 30.7 Å². The second-order valence-electron chi connectivity index (χ2n) is 4.43. The Morgan fingerprint density at radius 3 is 2.40 bits per heavy atom. The highest BCUT2D eigenvalue weighted by Gasteiger charge is 2.32. The van der Waals surface area contributed by atoms with E-state index in [-0.39, 0.29) is 0 Å². The first-order chi connectivity index (χ1) is 9.47. The number of fused-ring (bicyclic) bond motifs is 1. The largest absolute Gasteiger partial charge is 0.433 e. The van der Waals surface area contributed by atoms with Crippen LogP contribution in [0.5, 0.6) is 0 Å². The summed E-state index contributed by atoms with van der Waals surface area (Å²) < 4.78 is 39.9. The molecule has 20 heavy (non-hydrogen) atoms. The molecule has 3 nitrogen and oxygen atoms in total. The van der Waals surface area contributed by atoms with Crippen molar-refractivity contribution in [2.24, 2.45) is 0 Å². The summed E-state index contributed by atoms with van der Waals surface area (Å²) >= 11 is 0. The van der Waals surface area contributed by atoms with Gasteiger partial charge in [0.05, 0.1) is 11.0 Å². The zero-order chi connectivity index (χ0) is 14.3. The molecule has 0 radical (unpaired) electrons. The first-order valence-electron chi connectivity index (χ1n) is 5.93. The van der Waals surface area contributed by atoms with E-state index >= 15 is 0 Å². The number of pyridine rings is 2. The summed E-state index contributed by atoms with van der Waals surface area (Å²) in [5.41, 5.74) is 1.75. The van der Waals surface area contributed by atoms with Crippen molar-refractivity contribution in [2.75, 3.05) is 0 Å². The number of halogens is 3. The molecule has 3 aromatic rings. The van der Waals surface area contributed by atoms with Gasteiger partial charge in [-0.15, -0.1) is 0 Å². The van der Waals surface area contributed by atoms with Crippen molar-refractivity contribution in [2.45, 2.75) is 13.1 Å². The van der Waals surface area contributed by atoms with Crippen LogP contribution in [0.1, 0.15) is 11.4 Å². The molecule has 0 bridgehead atoms. The van der Waals surface area contributed by atoms with Crippen LogP contribution in [0.4, 0.5) is 13.2 Å². The summed E-state index contributed by atoms with van der Waals surface area (Å²) in [6.45, 7) is 1.83. The van der Waals surface area contributed by atoms with Gasteiger partial charge in [0.25, 0.3) is 0 Å². The third kappa shape index (κ3) is 2.03. The Kier molecular flexibility index (Phi) is 2.74. The van der Waals surface area contributed by atoms with Gasteiger partial charge in [0.2, 0.25) is 0 Å². The molecule has 0 fully saturated rings. The minimum atomic E-state index is -4.43. The molecule has 0 aliphatic carbocycles. The van der Waals surface area contributed by atoms with Crippen LogP contribution in [0, 0.1) is 6.92 Å². The molecule has 0 aromatic carbocycles. The number of hydrogen-bond acceptors (Lipinski definition) is 2. The van der Waals surface area contributed by atoms with E-state index in [0.29, 0.717) is 11.0 Å². The van der Waals surface area contributed by atoms with Crippen LogP contribution in [0.15, 0.2) is 42.7 Å². The molecular weight excluding hydrogens is 267 g/mol. The average molecular weight is 277 g/mol. The summed E-state index contributed by atoms with van der Waals surface area (Å²) in [6.07, 6.45) is -1.16.